The maximum atomic E-state index is 5.93. The molecule has 16 heavy (non-hydrogen) atoms. The van der Waals surface area contributed by atoms with Gasteiger partial charge in [-0.15, -0.1) is 0 Å². The number of hydrogen-bond acceptors (Lipinski definition) is 2. The first-order chi connectivity index (χ1) is 7.76. The van der Waals surface area contributed by atoms with E-state index < -0.39 is 0 Å². The van der Waals surface area contributed by atoms with Crippen molar-refractivity contribution in [2.75, 3.05) is 17.6 Å². The van der Waals surface area contributed by atoms with Gasteiger partial charge < -0.3 is 11.1 Å². The smallest absolute Gasteiger partial charge is 0.0574 e. The zero-order valence-electron chi connectivity index (χ0n) is 10.1. The molecule has 0 amide bonds. The minimum absolute atomic E-state index is 0.516. The number of nitrogens with two attached hydrogens (primary N) is 1. The fraction of sp³-hybridized carbons (Fsp3) is 0.571. The lowest BCUT2D eigenvalue weighted by Crippen LogP contribution is -2.26. The fourth-order valence-electron chi connectivity index (χ4n) is 2.72. The lowest BCUT2D eigenvalue weighted by atomic mass is 9.83. The second-order valence-electron chi connectivity index (χ2n) is 5.00. The molecular formula is C14H22N2. The van der Waals surface area contributed by atoms with Crippen LogP contribution in [0.25, 0.3) is 0 Å². The van der Waals surface area contributed by atoms with Gasteiger partial charge in [-0.1, -0.05) is 31.9 Å². The molecule has 0 atom stereocenters. The molecule has 1 aliphatic carbocycles. The molecule has 0 saturated heterocycles. The van der Waals surface area contributed by atoms with Crippen molar-refractivity contribution in [2.24, 2.45) is 5.41 Å². The van der Waals surface area contributed by atoms with Crippen LogP contribution in [0.1, 0.15) is 39.0 Å². The number of rotatable bonds is 4. The van der Waals surface area contributed by atoms with Crippen LogP contribution in [0.2, 0.25) is 0 Å². The number of para-hydroxylation sites is 2. The lowest BCUT2D eigenvalue weighted by Gasteiger charge is -2.28. The van der Waals surface area contributed by atoms with Crippen molar-refractivity contribution in [2.45, 2.75) is 39.0 Å². The van der Waals surface area contributed by atoms with E-state index in [0.717, 1.165) is 17.9 Å². The monoisotopic (exact) mass is 218 g/mol. The van der Waals surface area contributed by atoms with Crippen LogP contribution in [-0.4, -0.2) is 6.54 Å². The molecule has 0 radical (unpaired) electrons. The van der Waals surface area contributed by atoms with Crippen molar-refractivity contribution >= 4 is 11.4 Å². The summed E-state index contributed by atoms with van der Waals surface area (Å²) in [5.74, 6) is 0. The average molecular weight is 218 g/mol. The molecule has 1 saturated carbocycles. The summed E-state index contributed by atoms with van der Waals surface area (Å²) in [5, 5.41) is 3.52. The van der Waals surface area contributed by atoms with E-state index in [-0.39, 0.29) is 0 Å². The van der Waals surface area contributed by atoms with Crippen molar-refractivity contribution in [1.29, 1.82) is 0 Å². The second-order valence-corrected chi connectivity index (χ2v) is 5.00. The zero-order valence-corrected chi connectivity index (χ0v) is 10.1. The Morgan fingerprint density at radius 3 is 2.56 bits per heavy atom. The number of nitrogen functional groups attached to an aromatic ring is 1. The molecule has 0 spiro atoms. The number of anilines is 2. The van der Waals surface area contributed by atoms with E-state index in [0.29, 0.717) is 5.41 Å². The highest BCUT2D eigenvalue weighted by Crippen LogP contribution is 2.41. The first-order valence-electron chi connectivity index (χ1n) is 6.34. The number of hydrogen-bond donors (Lipinski definition) is 2. The van der Waals surface area contributed by atoms with Crippen molar-refractivity contribution < 1.29 is 0 Å². The quantitative estimate of drug-likeness (QED) is 0.757. The maximum absolute atomic E-state index is 5.93. The van der Waals surface area contributed by atoms with E-state index >= 15 is 0 Å². The summed E-state index contributed by atoms with van der Waals surface area (Å²) < 4.78 is 0. The van der Waals surface area contributed by atoms with E-state index in [9.17, 15) is 0 Å². The van der Waals surface area contributed by atoms with Crippen molar-refractivity contribution in [1.82, 2.24) is 0 Å². The molecule has 0 unspecified atom stereocenters. The van der Waals surface area contributed by atoms with Gasteiger partial charge in [-0.05, 0) is 36.8 Å². The molecule has 0 bridgehead atoms. The van der Waals surface area contributed by atoms with E-state index in [2.05, 4.69) is 18.3 Å². The predicted octanol–water partition coefficient (Wildman–Crippen LogP) is 3.65. The fourth-order valence-corrected chi connectivity index (χ4v) is 2.72. The summed E-state index contributed by atoms with van der Waals surface area (Å²) in [4.78, 5) is 0. The lowest BCUT2D eigenvalue weighted by molar-refractivity contribution is 0.307. The van der Waals surface area contributed by atoms with Crippen LogP contribution >= 0.6 is 0 Å². The topological polar surface area (TPSA) is 38.0 Å². The minimum atomic E-state index is 0.516. The van der Waals surface area contributed by atoms with Gasteiger partial charge in [0.15, 0.2) is 0 Å². The number of benzene rings is 1. The Labute approximate surface area is 98.2 Å². The van der Waals surface area contributed by atoms with Gasteiger partial charge in [0.2, 0.25) is 0 Å². The van der Waals surface area contributed by atoms with E-state index in [4.69, 9.17) is 5.73 Å². The molecule has 2 heteroatoms. The van der Waals surface area contributed by atoms with Gasteiger partial charge in [0, 0.05) is 6.54 Å². The van der Waals surface area contributed by atoms with E-state index in [1.807, 2.05) is 18.2 Å². The second kappa shape index (κ2) is 4.77. The minimum Gasteiger partial charge on any atom is -0.397 e. The van der Waals surface area contributed by atoms with Crippen LogP contribution in [0.4, 0.5) is 11.4 Å². The molecule has 3 N–H and O–H groups in total. The van der Waals surface area contributed by atoms with Crippen LogP contribution in [0.15, 0.2) is 24.3 Å². The Hall–Kier alpha value is -1.18. The Morgan fingerprint density at radius 2 is 1.94 bits per heavy atom. The highest BCUT2D eigenvalue weighted by molar-refractivity contribution is 5.65. The summed E-state index contributed by atoms with van der Waals surface area (Å²) in [7, 11) is 0. The highest BCUT2D eigenvalue weighted by Gasteiger charge is 2.31. The molecule has 2 rings (SSSR count). The molecule has 0 heterocycles. The molecule has 2 nitrogen and oxygen atoms in total. The Balaban J connectivity index is 1.98. The van der Waals surface area contributed by atoms with Crippen molar-refractivity contribution in [3.05, 3.63) is 24.3 Å². The van der Waals surface area contributed by atoms with Gasteiger partial charge in [0.05, 0.1) is 11.4 Å². The summed E-state index contributed by atoms with van der Waals surface area (Å²) >= 11 is 0. The standard InChI is InChI=1S/C14H22N2/c1-2-14(9-5-6-10-14)11-16-13-8-4-3-7-12(13)15/h3-4,7-8,16H,2,5-6,9-11,15H2,1H3. The first-order valence-corrected chi connectivity index (χ1v) is 6.34. The molecule has 1 aromatic carbocycles. The molecule has 0 aliphatic heterocycles. The third-order valence-electron chi connectivity index (χ3n) is 4.03. The molecule has 1 fully saturated rings. The van der Waals surface area contributed by atoms with E-state index in [1.165, 1.54) is 32.1 Å². The van der Waals surface area contributed by atoms with Crippen molar-refractivity contribution in [3.8, 4) is 0 Å². The van der Waals surface area contributed by atoms with Gasteiger partial charge in [0.1, 0.15) is 0 Å². The van der Waals surface area contributed by atoms with Crippen LogP contribution in [0.3, 0.4) is 0 Å². The molecule has 1 aliphatic rings. The summed E-state index contributed by atoms with van der Waals surface area (Å²) in [5.41, 5.74) is 8.38. The predicted molar refractivity (Wildman–Crippen MR) is 70.5 cm³/mol. The van der Waals surface area contributed by atoms with Gasteiger partial charge in [-0.25, -0.2) is 0 Å². The van der Waals surface area contributed by atoms with Crippen LogP contribution < -0.4 is 11.1 Å². The Bertz CT molecular complexity index is 340. The SMILES string of the molecule is CCC1(CNc2ccccc2N)CCCC1. The highest BCUT2D eigenvalue weighted by atomic mass is 14.9. The molecular weight excluding hydrogens is 196 g/mol. The normalized spacial score (nSPS) is 18.6. The first kappa shape index (κ1) is 11.3. The largest absolute Gasteiger partial charge is 0.397 e. The van der Waals surface area contributed by atoms with Gasteiger partial charge in [-0.3, -0.25) is 0 Å². The average Bonchev–Trinajstić information content (AvgIpc) is 2.78. The third kappa shape index (κ3) is 2.31. The summed E-state index contributed by atoms with van der Waals surface area (Å²) in [6.07, 6.45) is 6.78. The van der Waals surface area contributed by atoms with Gasteiger partial charge in [0.25, 0.3) is 0 Å². The zero-order chi connectivity index (χ0) is 11.4. The maximum Gasteiger partial charge on any atom is 0.0574 e. The molecule has 1 aromatic rings. The summed E-state index contributed by atoms with van der Waals surface area (Å²) in [6, 6.07) is 8.03. The Morgan fingerprint density at radius 1 is 1.25 bits per heavy atom. The van der Waals surface area contributed by atoms with Crippen LogP contribution in [0.5, 0.6) is 0 Å². The Kier molecular flexibility index (Phi) is 3.37. The van der Waals surface area contributed by atoms with Gasteiger partial charge >= 0.3 is 0 Å². The molecule has 0 aromatic heterocycles. The number of nitrogens with one attached hydrogen (secondary N) is 1. The summed E-state index contributed by atoms with van der Waals surface area (Å²) in [6.45, 7) is 3.37. The van der Waals surface area contributed by atoms with Crippen LogP contribution in [0, 0.1) is 5.41 Å². The van der Waals surface area contributed by atoms with Crippen LogP contribution in [-0.2, 0) is 0 Å². The molecule has 88 valence electrons. The van der Waals surface area contributed by atoms with Gasteiger partial charge in [-0.2, -0.15) is 0 Å². The van der Waals surface area contributed by atoms with Crippen molar-refractivity contribution in [3.63, 3.8) is 0 Å². The van der Waals surface area contributed by atoms with E-state index in [1.54, 1.807) is 0 Å². The third-order valence-corrected chi connectivity index (χ3v) is 4.03.